The van der Waals surface area contributed by atoms with Gasteiger partial charge >= 0.3 is 0 Å². The van der Waals surface area contributed by atoms with Crippen LogP contribution in [0.1, 0.15) is 16.8 Å². The number of carbonyl (C=O) groups excluding carboxylic acids is 1. The fraction of sp³-hybridized carbons (Fsp3) is 0.200. The van der Waals surface area contributed by atoms with Gasteiger partial charge in [-0.05, 0) is 18.6 Å². The van der Waals surface area contributed by atoms with Crippen molar-refractivity contribution in [3.05, 3.63) is 42.8 Å². The van der Waals surface area contributed by atoms with Crippen LogP contribution in [0.2, 0.25) is 0 Å². The zero-order valence-electron chi connectivity index (χ0n) is 6.92. The average Bonchev–Trinajstić information content (AvgIpc) is 2.15. The summed E-state index contributed by atoms with van der Waals surface area (Å²) in [6.45, 7) is 4.27. The van der Waals surface area contributed by atoms with Crippen molar-refractivity contribution in [3.63, 3.8) is 0 Å². The molecule has 2 heteroatoms. The molecule has 0 atom stereocenters. The van der Waals surface area contributed by atoms with E-state index in [4.69, 9.17) is 0 Å². The highest BCUT2D eigenvalue weighted by Crippen LogP contribution is 1.97. The van der Waals surface area contributed by atoms with Crippen LogP contribution in [0.5, 0.6) is 0 Å². The third-order valence-corrected chi connectivity index (χ3v) is 1.50. The lowest BCUT2D eigenvalue weighted by Gasteiger charge is -2.01. The molecule has 2 nitrogen and oxygen atoms in total. The Labute approximate surface area is 72.6 Å². The van der Waals surface area contributed by atoms with Gasteiger partial charge in [-0.25, -0.2) is 0 Å². The van der Waals surface area contributed by atoms with Crippen LogP contribution >= 0.6 is 0 Å². The number of amides is 1. The molecule has 1 N–H and O–H groups in total. The largest absolute Gasteiger partial charge is 0.352 e. The Morgan fingerprint density at radius 1 is 1.33 bits per heavy atom. The van der Waals surface area contributed by atoms with Gasteiger partial charge in [-0.1, -0.05) is 25.1 Å². The van der Waals surface area contributed by atoms with Gasteiger partial charge in [-0.3, -0.25) is 4.79 Å². The van der Waals surface area contributed by atoms with Gasteiger partial charge in [0.2, 0.25) is 0 Å². The first-order chi connectivity index (χ1) is 5.84. The molecule has 0 aromatic heterocycles. The number of nitrogens with one attached hydrogen (secondary N) is 1. The van der Waals surface area contributed by atoms with Gasteiger partial charge in [0.05, 0.1) is 0 Å². The van der Waals surface area contributed by atoms with E-state index in [0.717, 1.165) is 6.42 Å². The van der Waals surface area contributed by atoms with Crippen LogP contribution in [-0.2, 0) is 0 Å². The molecule has 0 heterocycles. The van der Waals surface area contributed by atoms with Gasteiger partial charge in [-0.15, -0.1) is 0 Å². The topological polar surface area (TPSA) is 29.1 Å². The third kappa shape index (κ3) is 2.38. The maximum Gasteiger partial charge on any atom is 0.251 e. The Balaban J connectivity index is 2.54. The second-order valence-corrected chi connectivity index (χ2v) is 2.48. The van der Waals surface area contributed by atoms with Crippen molar-refractivity contribution in [2.75, 3.05) is 6.54 Å². The second kappa shape index (κ2) is 4.54. The smallest absolute Gasteiger partial charge is 0.251 e. The predicted octanol–water partition coefficient (Wildman–Crippen LogP) is 1.64. The van der Waals surface area contributed by atoms with Crippen LogP contribution in [0.25, 0.3) is 0 Å². The normalized spacial score (nSPS) is 9.42. The minimum absolute atomic E-state index is 0.0285. The Hall–Kier alpha value is -1.31. The lowest BCUT2D eigenvalue weighted by molar-refractivity contribution is 0.0954. The van der Waals surface area contributed by atoms with Crippen LogP contribution in [-0.4, -0.2) is 12.5 Å². The number of benzene rings is 1. The molecule has 1 aromatic rings. The van der Waals surface area contributed by atoms with Crippen molar-refractivity contribution in [1.82, 2.24) is 5.32 Å². The first-order valence-corrected chi connectivity index (χ1v) is 3.97. The molecule has 0 aliphatic rings. The zero-order chi connectivity index (χ0) is 8.81. The molecule has 0 fully saturated rings. The Morgan fingerprint density at radius 3 is 2.58 bits per heavy atom. The lowest BCUT2D eigenvalue weighted by atomic mass is 10.2. The molecule has 1 radical (unpaired) electrons. The molecule has 0 saturated carbocycles. The first kappa shape index (κ1) is 8.78. The van der Waals surface area contributed by atoms with Crippen molar-refractivity contribution in [2.45, 2.75) is 6.42 Å². The van der Waals surface area contributed by atoms with E-state index in [0.29, 0.717) is 12.1 Å². The molecule has 0 unspecified atom stereocenters. The summed E-state index contributed by atoms with van der Waals surface area (Å²) in [5.41, 5.74) is 0.700. The summed E-state index contributed by atoms with van der Waals surface area (Å²) in [7, 11) is 0. The minimum Gasteiger partial charge on any atom is -0.352 e. The molecule has 0 spiro atoms. The van der Waals surface area contributed by atoms with E-state index < -0.39 is 0 Å². The van der Waals surface area contributed by atoms with Gasteiger partial charge in [0.25, 0.3) is 5.91 Å². The number of carbonyl (C=O) groups is 1. The van der Waals surface area contributed by atoms with E-state index in [1.807, 2.05) is 18.2 Å². The summed E-state index contributed by atoms with van der Waals surface area (Å²) in [6.07, 6.45) is 0.721. The third-order valence-electron chi connectivity index (χ3n) is 1.50. The van der Waals surface area contributed by atoms with Crippen molar-refractivity contribution in [2.24, 2.45) is 0 Å². The van der Waals surface area contributed by atoms with Crippen LogP contribution in [0.15, 0.2) is 30.3 Å². The fourth-order valence-electron chi connectivity index (χ4n) is 0.894. The monoisotopic (exact) mass is 162 g/mol. The quantitative estimate of drug-likeness (QED) is 0.719. The number of rotatable bonds is 3. The Morgan fingerprint density at radius 2 is 2.00 bits per heavy atom. The predicted molar refractivity (Wildman–Crippen MR) is 48.7 cm³/mol. The van der Waals surface area contributed by atoms with E-state index in [-0.39, 0.29) is 5.91 Å². The Kier molecular flexibility index (Phi) is 3.33. The van der Waals surface area contributed by atoms with Gasteiger partial charge in [0.1, 0.15) is 0 Å². The van der Waals surface area contributed by atoms with Gasteiger partial charge in [0, 0.05) is 12.1 Å². The van der Waals surface area contributed by atoms with E-state index in [9.17, 15) is 4.79 Å². The summed E-state index contributed by atoms with van der Waals surface area (Å²) < 4.78 is 0. The molecule has 0 aliphatic carbocycles. The minimum atomic E-state index is -0.0285. The van der Waals surface area contributed by atoms with Crippen LogP contribution in [0.3, 0.4) is 0 Å². The Bertz CT molecular complexity index is 243. The first-order valence-electron chi connectivity index (χ1n) is 3.97. The standard InChI is InChI=1S/C10H12NO/c1-2-8-11-10(12)9-6-4-3-5-7-9/h3-7H,1-2,8H2,(H,11,12). The molecule has 1 amide bonds. The van der Waals surface area contributed by atoms with Crippen molar-refractivity contribution >= 4 is 5.91 Å². The summed E-state index contributed by atoms with van der Waals surface area (Å²) in [5, 5.41) is 2.75. The van der Waals surface area contributed by atoms with Crippen LogP contribution in [0.4, 0.5) is 0 Å². The van der Waals surface area contributed by atoms with Gasteiger partial charge < -0.3 is 5.32 Å². The lowest BCUT2D eigenvalue weighted by Crippen LogP contribution is -2.23. The van der Waals surface area contributed by atoms with Crippen LogP contribution in [0, 0.1) is 6.92 Å². The molecule has 1 aromatic carbocycles. The fourth-order valence-corrected chi connectivity index (χ4v) is 0.894. The highest BCUT2D eigenvalue weighted by atomic mass is 16.1. The summed E-state index contributed by atoms with van der Waals surface area (Å²) in [5.74, 6) is -0.0285. The average molecular weight is 162 g/mol. The van der Waals surface area contributed by atoms with E-state index in [1.54, 1.807) is 12.1 Å². The number of hydrogen-bond donors (Lipinski definition) is 1. The molecular weight excluding hydrogens is 150 g/mol. The molecule has 0 aliphatic heterocycles. The van der Waals surface area contributed by atoms with Crippen LogP contribution < -0.4 is 5.32 Å². The highest BCUT2D eigenvalue weighted by molar-refractivity contribution is 5.94. The van der Waals surface area contributed by atoms with Crippen molar-refractivity contribution in [3.8, 4) is 0 Å². The molecular formula is C10H12NO. The molecule has 0 saturated heterocycles. The van der Waals surface area contributed by atoms with E-state index in [2.05, 4.69) is 12.2 Å². The van der Waals surface area contributed by atoms with E-state index >= 15 is 0 Å². The van der Waals surface area contributed by atoms with Gasteiger partial charge in [0.15, 0.2) is 0 Å². The SMILES string of the molecule is [CH2]CCNC(=O)c1ccccc1. The summed E-state index contributed by atoms with van der Waals surface area (Å²) >= 11 is 0. The van der Waals surface area contributed by atoms with E-state index in [1.165, 1.54) is 0 Å². The molecule has 0 bridgehead atoms. The second-order valence-electron chi connectivity index (χ2n) is 2.48. The molecule has 12 heavy (non-hydrogen) atoms. The molecule has 1 rings (SSSR count). The zero-order valence-corrected chi connectivity index (χ0v) is 6.92. The maximum absolute atomic E-state index is 11.3. The number of hydrogen-bond acceptors (Lipinski definition) is 1. The van der Waals surface area contributed by atoms with Crippen molar-refractivity contribution < 1.29 is 4.79 Å². The summed E-state index contributed by atoms with van der Waals surface area (Å²) in [4.78, 5) is 11.3. The highest BCUT2D eigenvalue weighted by Gasteiger charge is 2.00. The maximum atomic E-state index is 11.3. The van der Waals surface area contributed by atoms with Gasteiger partial charge in [-0.2, -0.15) is 0 Å². The van der Waals surface area contributed by atoms with Crippen molar-refractivity contribution in [1.29, 1.82) is 0 Å². The summed E-state index contributed by atoms with van der Waals surface area (Å²) in [6, 6.07) is 9.16. The molecule has 63 valence electrons.